The van der Waals surface area contributed by atoms with Crippen LogP contribution in [0.4, 0.5) is 15.8 Å². The molecule has 0 aliphatic heterocycles. The third kappa shape index (κ3) is 3.56. The number of nitrogens with one attached hydrogen (secondary N) is 1. The van der Waals surface area contributed by atoms with Gasteiger partial charge in [-0.2, -0.15) is 11.8 Å². The van der Waals surface area contributed by atoms with Gasteiger partial charge >= 0.3 is 0 Å². The molecule has 1 aromatic rings. The van der Waals surface area contributed by atoms with E-state index in [-0.39, 0.29) is 10.6 Å². The number of hydrogen-bond acceptors (Lipinski definition) is 3. The Labute approximate surface area is 108 Å². The van der Waals surface area contributed by atoms with Gasteiger partial charge in [-0.05, 0) is 42.1 Å². The molecule has 0 saturated heterocycles. The maximum atomic E-state index is 13.3. The van der Waals surface area contributed by atoms with E-state index in [1.54, 1.807) is 17.8 Å². The molecule has 5 heteroatoms. The molecule has 2 nitrogen and oxygen atoms in total. The van der Waals surface area contributed by atoms with Gasteiger partial charge in [-0.15, -0.1) is 0 Å². The molecule has 0 unspecified atom stereocenters. The highest BCUT2D eigenvalue weighted by Gasteiger charge is 2.16. The lowest BCUT2D eigenvalue weighted by molar-refractivity contribution is 0.621. The van der Waals surface area contributed by atoms with Crippen LogP contribution in [0.1, 0.15) is 13.8 Å². The van der Waals surface area contributed by atoms with Gasteiger partial charge in [-0.25, -0.2) is 4.39 Å². The van der Waals surface area contributed by atoms with Gasteiger partial charge in [0.15, 0.2) is 0 Å². The third-order valence-electron chi connectivity index (χ3n) is 2.35. The maximum absolute atomic E-state index is 13.3. The van der Waals surface area contributed by atoms with Gasteiger partial charge in [-0.3, -0.25) is 0 Å². The van der Waals surface area contributed by atoms with E-state index in [4.69, 9.17) is 5.73 Å². The molecule has 0 bridgehead atoms. The molecule has 0 amide bonds. The van der Waals surface area contributed by atoms with Crippen LogP contribution in [-0.4, -0.2) is 17.5 Å². The summed E-state index contributed by atoms with van der Waals surface area (Å²) in [6, 6.07) is 2.99. The zero-order valence-corrected chi connectivity index (χ0v) is 12.0. The highest BCUT2D eigenvalue weighted by atomic mass is 79.9. The summed E-state index contributed by atoms with van der Waals surface area (Å²) in [4.78, 5) is 0. The van der Waals surface area contributed by atoms with Crippen LogP contribution < -0.4 is 11.1 Å². The number of nitrogen functional groups attached to an aromatic ring is 1. The monoisotopic (exact) mass is 306 g/mol. The Morgan fingerprint density at radius 3 is 2.69 bits per heavy atom. The lowest BCUT2D eigenvalue weighted by atomic mass is 10.2. The van der Waals surface area contributed by atoms with Crippen LogP contribution in [0.3, 0.4) is 0 Å². The van der Waals surface area contributed by atoms with Gasteiger partial charge in [0.1, 0.15) is 5.82 Å². The molecule has 1 aromatic carbocycles. The Balaban J connectivity index is 2.79. The van der Waals surface area contributed by atoms with E-state index in [0.29, 0.717) is 15.8 Å². The molecule has 0 heterocycles. The highest BCUT2D eigenvalue weighted by Crippen LogP contribution is 2.28. The predicted molar refractivity (Wildman–Crippen MR) is 74.6 cm³/mol. The largest absolute Gasteiger partial charge is 0.397 e. The summed E-state index contributed by atoms with van der Waals surface area (Å²) in [6.45, 7) is 4.98. The van der Waals surface area contributed by atoms with Crippen molar-refractivity contribution in [2.45, 2.75) is 18.6 Å². The van der Waals surface area contributed by atoms with E-state index in [1.807, 2.05) is 6.26 Å². The number of nitrogens with two attached hydrogens (primary N) is 1. The molecular weight excluding hydrogens is 291 g/mol. The molecule has 0 atom stereocenters. The van der Waals surface area contributed by atoms with Crippen molar-refractivity contribution < 1.29 is 4.39 Å². The first-order chi connectivity index (χ1) is 7.35. The van der Waals surface area contributed by atoms with E-state index in [9.17, 15) is 4.39 Å². The number of anilines is 2. The zero-order valence-electron chi connectivity index (χ0n) is 9.60. The SMILES string of the molecule is CSC(C)(C)CNc1cc(F)c(Br)cc1N. The minimum atomic E-state index is -0.307. The first-order valence-corrected chi connectivity index (χ1v) is 6.91. The van der Waals surface area contributed by atoms with Crippen LogP contribution in [0.5, 0.6) is 0 Å². The van der Waals surface area contributed by atoms with Crippen molar-refractivity contribution in [2.24, 2.45) is 0 Å². The standard InChI is InChI=1S/C11H16BrFN2S/c1-11(2,16-3)6-15-10-5-8(13)7(12)4-9(10)14/h4-5,15H,6,14H2,1-3H3. The van der Waals surface area contributed by atoms with Gasteiger partial charge in [-0.1, -0.05) is 0 Å². The Hall–Kier alpha value is -0.420. The summed E-state index contributed by atoms with van der Waals surface area (Å²) in [7, 11) is 0. The average Bonchev–Trinajstić information content (AvgIpc) is 2.22. The first kappa shape index (κ1) is 13.6. The topological polar surface area (TPSA) is 38.0 Å². The molecule has 0 radical (unpaired) electrons. The van der Waals surface area contributed by atoms with Crippen molar-refractivity contribution >= 4 is 39.1 Å². The van der Waals surface area contributed by atoms with E-state index in [1.165, 1.54) is 6.07 Å². The predicted octanol–water partition coefficient (Wildman–Crippen LogP) is 3.72. The number of thioether (sulfide) groups is 1. The quantitative estimate of drug-likeness (QED) is 0.833. The highest BCUT2D eigenvalue weighted by molar-refractivity contribution is 9.10. The summed E-state index contributed by atoms with van der Waals surface area (Å²) in [5.41, 5.74) is 6.98. The van der Waals surface area contributed by atoms with Gasteiger partial charge in [0.25, 0.3) is 0 Å². The maximum Gasteiger partial charge on any atom is 0.139 e. The van der Waals surface area contributed by atoms with Crippen molar-refractivity contribution in [3.8, 4) is 0 Å². The molecule has 1 rings (SSSR count). The number of hydrogen-bond donors (Lipinski definition) is 2. The lowest BCUT2D eigenvalue weighted by Crippen LogP contribution is -2.26. The number of halogens is 2. The van der Waals surface area contributed by atoms with Crippen molar-refractivity contribution in [2.75, 3.05) is 23.9 Å². The number of benzene rings is 1. The van der Waals surface area contributed by atoms with E-state index in [2.05, 4.69) is 35.1 Å². The smallest absolute Gasteiger partial charge is 0.139 e. The molecule has 3 N–H and O–H groups in total. The zero-order chi connectivity index (χ0) is 12.3. The fourth-order valence-corrected chi connectivity index (χ4v) is 1.67. The average molecular weight is 307 g/mol. The van der Waals surface area contributed by atoms with Crippen molar-refractivity contribution in [1.29, 1.82) is 0 Å². The lowest BCUT2D eigenvalue weighted by Gasteiger charge is -2.23. The van der Waals surface area contributed by atoms with Crippen LogP contribution in [0.2, 0.25) is 0 Å². The molecule has 16 heavy (non-hydrogen) atoms. The molecule has 0 fully saturated rings. The molecule has 0 saturated carbocycles. The van der Waals surface area contributed by atoms with Crippen LogP contribution in [0, 0.1) is 5.82 Å². The van der Waals surface area contributed by atoms with E-state index in [0.717, 1.165) is 6.54 Å². The normalized spacial score (nSPS) is 11.6. The second-order valence-corrected chi connectivity index (χ2v) is 6.54. The third-order valence-corrected chi connectivity index (χ3v) is 4.21. The van der Waals surface area contributed by atoms with E-state index >= 15 is 0 Å². The second kappa shape index (κ2) is 5.27. The van der Waals surface area contributed by atoms with Crippen molar-refractivity contribution in [1.82, 2.24) is 0 Å². The summed E-state index contributed by atoms with van der Waals surface area (Å²) in [6.07, 6.45) is 2.05. The Morgan fingerprint density at radius 1 is 1.50 bits per heavy atom. The molecule has 90 valence electrons. The summed E-state index contributed by atoms with van der Waals surface area (Å²) < 4.78 is 13.8. The molecule has 0 aliphatic rings. The molecule has 0 spiro atoms. The first-order valence-electron chi connectivity index (χ1n) is 4.89. The fraction of sp³-hybridized carbons (Fsp3) is 0.455. The summed E-state index contributed by atoms with van der Waals surface area (Å²) in [5.74, 6) is -0.307. The van der Waals surface area contributed by atoms with Crippen LogP contribution >= 0.6 is 27.7 Å². The Morgan fingerprint density at radius 2 is 2.12 bits per heavy atom. The summed E-state index contributed by atoms with van der Waals surface area (Å²) >= 11 is 4.85. The summed E-state index contributed by atoms with van der Waals surface area (Å²) in [5, 5.41) is 3.17. The van der Waals surface area contributed by atoms with Crippen LogP contribution in [-0.2, 0) is 0 Å². The van der Waals surface area contributed by atoms with Crippen LogP contribution in [0.15, 0.2) is 16.6 Å². The van der Waals surface area contributed by atoms with Gasteiger partial charge < -0.3 is 11.1 Å². The van der Waals surface area contributed by atoms with Gasteiger partial charge in [0, 0.05) is 17.4 Å². The Kier molecular flexibility index (Phi) is 4.50. The molecule has 0 aliphatic carbocycles. The van der Waals surface area contributed by atoms with Crippen LogP contribution in [0.25, 0.3) is 0 Å². The van der Waals surface area contributed by atoms with Gasteiger partial charge in [0.05, 0.1) is 15.8 Å². The Bertz CT molecular complexity index is 382. The molecule has 0 aromatic heterocycles. The number of rotatable bonds is 4. The minimum Gasteiger partial charge on any atom is -0.397 e. The second-order valence-electron chi connectivity index (χ2n) is 4.17. The van der Waals surface area contributed by atoms with Crippen molar-refractivity contribution in [3.63, 3.8) is 0 Å². The minimum absolute atomic E-state index is 0.0932. The fourth-order valence-electron chi connectivity index (χ4n) is 1.10. The molecular formula is C11H16BrFN2S. The van der Waals surface area contributed by atoms with Crippen molar-refractivity contribution in [3.05, 3.63) is 22.4 Å². The van der Waals surface area contributed by atoms with Gasteiger partial charge in [0.2, 0.25) is 0 Å². The van der Waals surface area contributed by atoms with E-state index < -0.39 is 0 Å².